The Kier molecular flexibility index (Phi) is 15.7. The number of aliphatic carboxylic acids is 1. The van der Waals surface area contributed by atoms with Gasteiger partial charge in [-0.3, -0.25) is 24.1 Å². The van der Waals surface area contributed by atoms with Crippen molar-refractivity contribution in [3.8, 4) is 0 Å². The first kappa shape index (κ1) is 44.9. The van der Waals surface area contributed by atoms with Crippen LogP contribution in [0.25, 0.3) is 0 Å². The number of nitrogens with zero attached hydrogens (tertiary/aromatic N) is 2. The molecule has 1 unspecified atom stereocenters. The van der Waals surface area contributed by atoms with Gasteiger partial charge in [-0.1, -0.05) is 58.9 Å². The molecule has 3 atom stereocenters. The van der Waals surface area contributed by atoms with Crippen molar-refractivity contribution in [3.05, 3.63) is 35.5 Å². The molecule has 13 nitrogen and oxygen atoms in total. The molecular formula is C38H62N4O9. The molecule has 0 bridgehead atoms. The van der Waals surface area contributed by atoms with E-state index in [1.54, 1.807) is 41.5 Å². The number of amides is 4. The first-order valence-electron chi connectivity index (χ1n) is 17.4. The first-order valence-corrected chi connectivity index (χ1v) is 17.4. The average Bonchev–Trinajstić information content (AvgIpc) is 2.97. The number of hydrogen-bond acceptors (Lipinski definition) is 8. The highest BCUT2D eigenvalue weighted by Gasteiger charge is 2.46. The largest absolute Gasteiger partial charge is 0.480 e. The van der Waals surface area contributed by atoms with E-state index in [0.717, 1.165) is 18.4 Å². The van der Waals surface area contributed by atoms with Crippen LogP contribution in [0, 0.1) is 10.8 Å². The molecule has 1 aliphatic carbocycles. The van der Waals surface area contributed by atoms with Gasteiger partial charge in [-0.15, -0.1) is 0 Å². The first-order chi connectivity index (χ1) is 23.1. The summed E-state index contributed by atoms with van der Waals surface area (Å²) in [5.74, 6) is -3.52. The van der Waals surface area contributed by atoms with E-state index in [1.165, 1.54) is 36.9 Å². The van der Waals surface area contributed by atoms with Crippen LogP contribution in [0.15, 0.2) is 35.5 Å². The van der Waals surface area contributed by atoms with E-state index in [4.69, 9.17) is 9.47 Å². The number of rotatable bonds is 14. The third-order valence-electron chi connectivity index (χ3n) is 8.21. The minimum atomic E-state index is -1.33. The number of hydrogen-bond donors (Lipinski definition) is 3. The zero-order valence-corrected chi connectivity index (χ0v) is 33.2. The number of carboxylic acids is 1. The van der Waals surface area contributed by atoms with Crippen molar-refractivity contribution in [3.63, 3.8) is 0 Å². The lowest BCUT2D eigenvalue weighted by Crippen LogP contribution is -2.61. The molecule has 288 valence electrons. The molecule has 1 aliphatic rings. The lowest BCUT2D eigenvalue weighted by atomic mass is 9.74. The van der Waals surface area contributed by atoms with Crippen LogP contribution >= 0.6 is 0 Å². The summed E-state index contributed by atoms with van der Waals surface area (Å²) in [5, 5.41) is 15.0. The molecule has 0 radical (unpaired) electrons. The molecule has 0 saturated heterocycles. The molecule has 51 heavy (non-hydrogen) atoms. The van der Waals surface area contributed by atoms with Gasteiger partial charge in [0.15, 0.2) is 0 Å². The second-order valence-corrected chi connectivity index (χ2v) is 16.8. The Bertz CT molecular complexity index is 1390. The lowest BCUT2D eigenvalue weighted by molar-refractivity contribution is -0.155. The Morgan fingerprint density at radius 2 is 1.45 bits per heavy atom. The smallest absolute Gasteiger partial charge is 0.410 e. The van der Waals surface area contributed by atoms with Gasteiger partial charge in [0.25, 0.3) is 0 Å². The van der Waals surface area contributed by atoms with E-state index in [0.29, 0.717) is 0 Å². The van der Waals surface area contributed by atoms with Gasteiger partial charge in [-0.25, -0.2) is 9.59 Å². The Morgan fingerprint density at radius 3 is 1.92 bits per heavy atom. The van der Waals surface area contributed by atoms with Crippen molar-refractivity contribution >= 4 is 35.8 Å². The summed E-state index contributed by atoms with van der Waals surface area (Å²) in [6.45, 7) is 21.0. The maximum atomic E-state index is 14.3. The molecule has 3 N–H and O–H groups in total. The fourth-order valence-electron chi connectivity index (χ4n) is 5.41. The molecule has 0 aromatic rings. The van der Waals surface area contributed by atoms with E-state index in [1.807, 2.05) is 52.8 Å². The average molecular weight is 719 g/mol. The Balaban J connectivity index is 3.23. The maximum absolute atomic E-state index is 14.3. The number of carbonyl (C=O) groups excluding carboxylic acids is 5. The van der Waals surface area contributed by atoms with Crippen molar-refractivity contribution < 1.29 is 43.3 Å². The number of allylic oxidation sites excluding steroid dienone is 3. The molecule has 0 aromatic heterocycles. The van der Waals surface area contributed by atoms with E-state index in [9.17, 15) is 33.9 Å². The van der Waals surface area contributed by atoms with Crippen LogP contribution in [-0.4, -0.2) is 101 Å². The van der Waals surface area contributed by atoms with Gasteiger partial charge in [0.05, 0.1) is 0 Å². The molecule has 0 fully saturated rings. The highest BCUT2D eigenvalue weighted by atomic mass is 16.6. The maximum Gasteiger partial charge on any atom is 0.410 e. The Hall–Kier alpha value is -4.16. The normalized spacial score (nSPS) is 15.8. The summed E-state index contributed by atoms with van der Waals surface area (Å²) >= 11 is 0. The quantitative estimate of drug-likeness (QED) is 0.162. The van der Waals surface area contributed by atoms with Crippen LogP contribution in [0.3, 0.4) is 0 Å². The SMILES string of the molecule is C/C(=C\CN(C)C(=O)C(NC(=O)[C@@H](N(C)C(=O)OC(C)(C)C)C(C)(C)C1=CCCC=C1)C(C)(C)C)C(=O)N[C@@H](CCC(=O)OC(C)(C)C)C(=O)O. The number of carboxylic acid groups (broad SMARTS) is 1. The van der Waals surface area contributed by atoms with E-state index in [-0.39, 0.29) is 25.0 Å². The minimum absolute atomic E-state index is 0.0272. The highest BCUT2D eigenvalue weighted by Crippen LogP contribution is 2.37. The van der Waals surface area contributed by atoms with Crippen molar-refractivity contribution in [2.75, 3.05) is 20.6 Å². The second kappa shape index (κ2) is 17.9. The van der Waals surface area contributed by atoms with Crippen molar-refractivity contribution in [1.29, 1.82) is 0 Å². The predicted molar refractivity (Wildman–Crippen MR) is 195 cm³/mol. The van der Waals surface area contributed by atoms with Crippen LogP contribution in [0.4, 0.5) is 4.79 Å². The summed E-state index contributed by atoms with van der Waals surface area (Å²) < 4.78 is 10.8. The van der Waals surface area contributed by atoms with E-state index < -0.39 is 75.9 Å². The van der Waals surface area contributed by atoms with Crippen LogP contribution in [-0.2, 0) is 33.4 Å². The second-order valence-electron chi connectivity index (χ2n) is 16.8. The van der Waals surface area contributed by atoms with Gasteiger partial charge in [0.1, 0.15) is 29.3 Å². The number of esters is 1. The summed E-state index contributed by atoms with van der Waals surface area (Å²) in [6.07, 6.45) is 8.13. The van der Waals surface area contributed by atoms with E-state index >= 15 is 0 Å². The van der Waals surface area contributed by atoms with E-state index in [2.05, 4.69) is 10.6 Å². The number of nitrogens with one attached hydrogen (secondary N) is 2. The standard InChI is InChI=1S/C38H62N4O9/c1-24(30(44)39-26(33(47)48)20-21-27(43)50-36(5,6)7)22-23-41(13)32(46)28(35(2,3)4)40-31(45)29(42(14)34(49)51-37(8,9)10)38(11,12)25-18-16-15-17-19-25/h16,18-19,22,26,28-29H,15,17,20-21,23H2,1-14H3,(H,39,44)(H,40,45)(H,47,48)/b24-22+/t26-,28?,29+/m0/s1. The van der Waals surface area contributed by atoms with Gasteiger partial charge in [-0.2, -0.15) is 0 Å². The Labute approximate surface area is 304 Å². The highest BCUT2D eigenvalue weighted by molar-refractivity contribution is 5.96. The van der Waals surface area contributed by atoms with Crippen LogP contribution in [0.2, 0.25) is 0 Å². The minimum Gasteiger partial charge on any atom is -0.480 e. The van der Waals surface area contributed by atoms with Gasteiger partial charge in [0, 0.05) is 38.0 Å². The summed E-state index contributed by atoms with van der Waals surface area (Å²) in [5.41, 5.74) is -2.11. The summed E-state index contributed by atoms with van der Waals surface area (Å²) in [4.78, 5) is 80.9. The molecular weight excluding hydrogens is 656 g/mol. The van der Waals surface area contributed by atoms with Crippen molar-refractivity contribution in [2.24, 2.45) is 10.8 Å². The lowest BCUT2D eigenvalue weighted by Gasteiger charge is -2.42. The molecule has 0 spiro atoms. The van der Waals surface area contributed by atoms with Crippen LogP contribution < -0.4 is 10.6 Å². The van der Waals surface area contributed by atoms with Gasteiger partial charge in [-0.05, 0) is 78.7 Å². The number of ether oxygens (including phenoxy) is 2. The third kappa shape index (κ3) is 14.5. The molecule has 0 saturated carbocycles. The number of likely N-dealkylation sites (N-methyl/N-ethyl adjacent to an activating group) is 2. The van der Waals surface area contributed by atoms with Gasteiger partial charge < -0.3 is 30.1 Å². The molecule has 1 rings (SSSR count). The monoisotopic (exact) mass is 718 g/mol. The summed E-state index contributed by atoms with van der Waals surface area (Å²) in [6, 6.07) is -3.40. The van der Waals surface area contributed by atoms with Crippen LogP contribution in [0.1, 0.15) is 109 Å². The predicted octanol–water partition coefficient (Wildman–Crippen LogP) is 5.15. The molecule has 0 heterocycles. The fourth-order valence-corrected chi connectivity index (χ4v) is 5.41. The third-order valence-corrected chi connectivity index (χ3v) is 8.21. The molecule has 13 heteroatoms. The van der Waals surface area contributed by atoms with Crippen molar-refractivity contribution in [1.82, 2.24) is 20.4 Å². The molecule has 4 amide bonds. The zero-order chi connectivity index (χ0) is 39.7. The molecule has 0 aliphatic heterocycles. The Morgan fingerprint density at radius 1 is 0.882 bits per heavy atom. The topological polar surface area (TPSA) is 172 Å². The summed E-state index contributed by atoms with van der Waals surface area (Å²) in [7, 11) is 3.04. The fraction of sp³-hybridized carbons (Fsp3) is 0.684. The van der Waals surface area contributed by atoms with Crippen LogP contribution in [0.5, 0.6) is 0 Å². The van der Waals surface area contributed by atoms with Crippen molar-refractivity contribution in [2.45, 2.75) is 138 Å². The zero-order valence-electron chi connectivity index (χ0n) is 33.2. The van der Waals surface area contributed by atoms with Gasteiger partial charge in [0.2, 0.25) is 17.7 Å². The van der Waals surface area contributed by atoms with Gasteiger partial charge >= 0.3 is 18.0 Å². The molecule has 0 aromatic carbocycles. The number of carbonyl (C=O) groups is 6.